The van der Waals surface area contributed by atoms with Crippen molar-refractivity contribution in [2.45, 2.75) is 72.6 Å². The lowest BCUT2D eigenvalue weighted by atomic mass is 9.90. The lowest BCUT2D eigenvalue weighted by molar-refractivity contribution is -0.385. The number of nitrogens with zero attached hydrogens (tertiary/aromatic N) is 3. The molecule has 7 rings (SSSR count). The van der Waals surface area contributed by atoms with E-state index in [1.165, 1.54) is 24.3 Å². The number of aryl methyl sites for hydroxylation is 4. The lowest BCUT2D eigenvalue weighted by Gasteiger charge is -2.20. The molecule has 0 aliphatic heterocycles. The minimum atomic E-state index is -5.15. The molecule has 0 unspecified atom stereocenters. The van der Waals surface area contributed by atoms with E-state index in [-0.39, 0.29) is 32.3 Å². The van der Waals surface area contributed by atoms with E-state index >= 15 is 0 Å². The summed E-state index contributed by atoms with van der Waals surface area (Å²) in [6.07, 6.45) is 6.49. The van der Waals surface area contributed by atoms with Crippen LogP contribution in [0.3, 0.4) is 0 Å². The van der Waals surface area contributed by atoms with Crippen LogP contribution in [-0.2, 0) is 51.4 Å². The van der Waals surface area contributed by atoms with Gasteiger partial charge in [-0.2, -0.15) is 16.8 Å². The molecule has 378 valence electrons. The second-order valence-corrected chi connectivity index (χ2v) is 24.1. The Hall–Kier alpha value is -7.47. The fourth-order valence-electron chi connectivity index (χ4n) is 8.60. The standard InChI is InChI=1S/C51H46N4O14S4/c1-30-25-32(3)50(34(5)46(30)28-70(60,61)42-19-15-40(16-20-42)54(56)57)52-38-11-7-36(8-12-38)49(45-24-23-44(72(64,65)66)27-48(45)73(67,68)69)37-9-13-39(14-10-37)53-51-33(4)26-31(2)47(35(51)6)29-71(62,63)43-21-17-41(18-22-43)55(58)59/h7-27,52H,28-29H2,1-6H3,(H,64,65,66)(H,67,68,69). The summed E-state index contributed by atoms with van der Waals surface area (Å²) in [4.78, 5) is 24.2. The van der Waals surface area contributed by atoms with Crippen LogP contribution in [0.15, 0.2) is 158 Å². The van der Waals surface area contributed by atoms with Crippen molar-refractivity contribution < 1.29 is 52.6 Å². The van der Waals surface area contributed by atoms with Gasteiger partial charge in [-0.3, -0.25) is 29.3 Å². The fourth-order valence-corrected chi connectivity index (χ4v) is 13.0. The van der Waals surface area contributed by atoms with E-state index in [0.717, 1.165) is 47.5 Å². The summed E-state index contributed by atoms with van der Waals surface area (Å²) in [5.41, 5.74) is 7.44. The second kappa shape index (κ2) is 20.2. The van der Waals surface area contributed by atoms with Crippen LogP contribution < -0.4 is 5.32 Å². The minimum Gasteiger partial charge on any atom is -0.355 e. The number of sulfone groups is 2. The molecule has 22 heteroatoms. The average molecular weight is 1070 g/mol. The third kappa shape index (κ3) is 11.6. The molecule has 0 saturated carbocycles. The van der Waals surface area contributed by atoms with E-state index in [9.17, 15) is 63.0 Å². The molecule has 0 aromatic heterocycles. The van der Waals surface area contributed by atoms with Crippen LogP contribution in [0.1, 0.15) is 55.6 Å². The number of hydrogen-bond acceptors (Lipinski definition) is 14. The minimum absolute atomic E-state index is 0.0801. The smallest absolute Gasteiger partial charge is 0.295 e. The first-order valence-electron chi connectivity index (χ1n) is 21.9. The molecular weight excluding hydrogens is 1020 g/mol. The van der Waals surface area contributed by atoms with Crippen molar-refractivity contribution in [3.63, 3.8) is 0 Å². The molecular formula is C51H46N4O14S4. The molecule has 0 radical (unpaired) electrons. The summed E-state index contributed by atoms with van der Waals surface area (Å²) in [6, 6.07) is 22.3. The molecule has 6 aromatic carbocycles. The van der Waals surface area contributed by atoms with Gasteiger partial charge in [-0.1, -0.05) is 42.5 Å². The van der Waals surface area contributed by atoms with Gasteiger partial charge in [0.25, 0.3) is 31.6 Å². The number of nitro groups is 2. The summed E-state index contributed by atoms with van der Waals surface area (Å²) < 4.78 is 125. The highest BCUT2D eigenvalue weighted by molar-refractivity contribution is 7.91. The van der Waals surface area contributed by atoms with Gasteiger partial charge in [-0.25, -0.2) is 21.8 Å². The molecule has 1 aliphatic rings. The summed E-state index contributed by atoms with van der Waals surface area (Å²) in [6.45, 7) is 10.7. The van der Waals surface area contributed by atoms with Crippen molar-refractivity contribution in [2.75, 3.05) is 5.32 Å². The van der Waals surface area contributed by atoms with Crippen LogP contribution in [0.25, 0.3) is 5.57 Å². The molecule has 73 heavy (non-hydrogen) atoms. The highest BCUT2D eigenvalue weighted by Crippen LogP contribution is 2.38. The Bertz CT molecular complexity index is 3870. The van der Waals surface area contributed by atoms with E-state index in [4.69, 9.17) is 4.99 Å². The molecule has 0 bridgehead atoms. The number of anilines is 2. The number of hydrogen-bond donors (Lipinski definition) is 3. The van der Waals surface area contributed by atoms with Gasteiger partial charge >= 0.3 is 0 Å². The highest BCUT2D eigenvalue weighted by Gasteiger charge is 2.27. The van der Waals surface area contributed by atoms with Crippen LogP contribution >= 0.6 is 0 Å². The molecule has 3 N–H and O–H groups in total. The molecule has 0 heterocycles. The van der Waals surface area contributed by atoms with Gasteiger partial charge in [0.2, 0.25) is 0 Å². The molecule has 1 aliphatic carbocycles. The van der Waals surface area contributed by atoms with Crippen molar-refractivity contribution in [3.05, 3.63) is 209 Å². The van der Waals surface area contributed by atoms with Gasteiger partial charge in [0, 0.05) is 41.2 Å². The maximum Gasteiger partial charge on any atom is 0.295 e. The van der Waals surface area contributed by atoms with Gasteiger partial charge < -0.3 is 5.32 Å². The normalized spacial score (nSPS) is 13.0. The number of nitrogens with one attached hydrogen (secondary N) is 1. The zero-order valence-corrected chi connectivity index (χ0v) is 43.1. The number of nitro benzene ring substituents is 2. The molecule has 0 fully saturated rings. The Labute approximate surface area is 421 Å². The van der Waals surface area contributed by atoms with Crippen LogP contribution in [0, 0.1) is 61.8 Å². The van der Waals surface area contributed by atoms with Gasteiger partial charge in [-0.05, 0) is 163 Å². The number of non-ortho nitro benzene ring substituents is 2. The SMILES string of the molecule is Cc1cc(C)c(N=C2C=CC(=C(c3ccc(Nc4c(C)cc(C)c(CS(=O)(=O)c5ccc([N+](=O)[O-])cc5)c4C)cc3)c3ccc(S(=O)(=O)O)cc3S(=O)(=O)O)C=C2)c(C)c1CS(=O)(=O)c1ccc([N+](=O)[O-])cc1. The molecule has 18 nitrogen and oxygen atoms in total. The molecule has 0 atom stereocenters. The van der Waals surface area contributed by atoms with Crippen LogP contribution in [-0.4, -0.2) is 58.3 Å². The van der Waals surface area contributed by atoms with Crippen LogP contribution in [0.5, 0.6) is 0 Å². The third-order valence-corrected chi connectivity index (χ3v) is 17.4. The topological polar surface area (TPSA) is 288 Å². The summed E-state index contributed by atoms with van der Waals surface area (Å²) >= 11 is 0. The maximum absolute atomic E-state index is 13.6. The van der Waals surface area contributed by atoms with Crippen molar-refractivity contribution in [1.82, 2.24) is 0 Å². The van der Waals surface area contributed by atoms with E-state index in [1.54, 1.807) is 82.3 Å². The Morgan fingerprint density at radius 2 is 1.01 bits per heavy atom. The second-order valence-electron chi connectivity index (χ2n) is 17.3. The lowest BCUT2D eigenvalue weighted by Crippen LogP contribution is -2.10. The van der Waals surface area contributed by atoms with Crippen LogP contribution in [0.2, 0.25) is 0 Å². The van der Waals surface area contributed by atoms with Crippen LogP contribution in [0.4, 0.5) is 28.4 Å². The van der Waals surface area contributed by atoms with Crippen molar-refractivity contribution >= 4 is 79.6 Å². The van der Waals surface area contributed by atoms with E-state index in [0.29, 0.717) is 73.4 Å². The van der Waals surface area contributed by atoms with E-state index in [1.807, 2.05) is 19.9 Å². The first kappa shape index (κ1) is 53.3. The summed E-state index contributed by atoms with van der Waals surface area (Å²) in [5, 5.41) is 25.7. The first-order valence-corrected chi connectivity index (χ1v) is 28.0. The van der Waals surface area contributed by atoms with Crippen molar-refractivity contribution in [1.29, 1.82) is 0 Å². The van der Waals surface area contributed by atoms with Gasteiger partial charge in [0.05, 0.1) is 47.4 Å². The van der Waals surface area contributed by atoms with Gasteiger partial charge in [-0.15, -0.1) is 0 Å². The average Bonchev–Trinajstić information content (AvgIpc) is 3.32. The van der Waals surface area contributed by atoms with Gasteiger partial charge in [0.15, 0.2) is 19.7 Å². The summed E-state index contributed by atoms with van der Waals surface area (Å²) in [5.74, 6) is -0.806. The quantitative estimate of drug-likeness (QED) is 0.0489. The third-order valence-electron chi connectivity index (χ3n) is 12.3. The number of rotatable bonds is 15. The highest BCUT2D eigenvalue weighted by atomic mass is 32.2. The number of aliphatic imine (C=N–C) groups is 1. The fraction of sp³-hybridized carbons (Fsp3) is 0.157. The predicted molar refractivity (Wildman–Crippen MR) is 276 cm³/mol. The molecule has 0 spiro atoms. The summed E-state index contributed by atoms with van der Waals surface area (Å²) in [7, 11) is -18.0. The van der Waals surface area contributed by atoms with E-state index < -0.39 is 71.1 Å². The molecule has 0 saturated heterocycles. The van der Waals surface area contributed by atoms with Gasteiger partial charge in [0.1, 0.15) is 4.90 Å². The number of allylic oxidation sites excluding steroid dienone is 5. The Morgan fingerprint density at radius 1 is 0.548 bits per heavy atom. The Balaban J connectivity index is 1.27. The Morgan fingerprint density at radius 3 is 1.48 bits per heavy atom. The number of benzene rings is 6. The predicted octanol–water partition coefficient (Wildman–Crippen LogP) is 10.2. The largest absolute Gasteiger partial charge is 0.355 e. The molecule has 6 aromatic rings. The van der Waals surface area contributed by atoms with Crippen molar-refractivity contribution in [2.24, 2.45) is 4.99 Å². The monoisotopic (exact) mass is 1070 g/mol. The Kier molecular flexibility index (Phi) is 14.8. The zero-order chi connectivity index (χ0) is 53.5. The van der Waals surface area contributed by atoms with E-state index in [2.05, 4.69) is 5.32 Å². The first-order chi connectivity index (χ1) is 34.0. The zero-order valence-electron chi connectivity index (χ0n) is 39.8. The molecule has 0 amide bonds. The maximum atomic E-state index is 13.6. The van der Waals surface area contributed by atoms with Crippen molar-refractivity contribution in [3.8, 4) is 0 Å².